The Morgan fingerprint density at radius 2 is 1.69 bits per heavy atom. The Labute approximate surface area is 205 Å². The Balaban J connectivity index is 1.67. The molecule has 36 heavy (non-hydrogen) atoms. The number of carbonyl (C=O) groups excluding carboxylic acids is 1. The van der Waals surface area contributed by atoms with Crippen LogP contribution in [0.4, 0.5) is 0 Å². The first kappa shape index (κ1) is 22.9. The molecule has 0 saturated carbocycles. The molecule has 2 aromatic heterocycles. The Bertz CT molecular complexity index is 1640. The van der Waals surface area contributed by atoms with Gasteiger partial charge in [0.15, 0.2) is 17.3 Å². The van der Waals surface area contributed by atoms with Crippen LogP contribution in [0.1, 0.15) is 12.5 Å². The number of aromatic nitrogens is 2. The third-order valence-electron chi connectivity index (χ3n) is 5.45. The van der Waals surface area contributed by atoms with Gasteiger partial charge < -0.3 is 18.6 Å². The number of carbonyl (C=O) groups is 1. The fraction of sp³-hybridized carbons (Fsp3) is 0.111. The summed E-state index contributed by atoms with van der Waals surface area (Å²) in [5.41, 5.74) is 1.37. The molecular weight excluding hydrogens is 462 g/mol. The number of methoxy groups -OCH3 is 2. The molecule has 3 aromatic carbocycles. The summed E-state index contributed by atoms with van der Waals surface area (Å²) in [7, 11) is 2.89. The number of esters is 1. The number of benzene rings is 3. The zero-order chi connectivity index (χ0) is 25.2. The number of ether oxygens (including phenoxy) is 3. The van der Waals surface area contributed by atoms with Crippen LogP contribution >= 0.6 is 0 Å². The van der Waals surface area contributed by atoms with E-state index < -0.39 is 5.97 Å². The summed E-state index contributed by atoms with van der Waals surface area (Å²) >= 11 is 0. The van der Waals surface area contributed by atoms with Crippen molar-refractivity contribution in [3.8, 4) is 28.8 Å². The number of fused-ring (bicyclic) bond motifs is 2. The van der Waals surface area contributed by atoms with E-state index in [0.29, 0.717) is 27.8 Å². The second kappa shape index (κ2) is 9.38. The number of hydrogen-bond donors (Lipinski definition) is 0. The Morgan fingerprint density at radius 3 is 2.39 bits per heavy atom. The number of hydrogen-bond acceptors (Lipinski definition) is 8. The van der Waals surface area contributed by atoms with Crippen LogP contribution < -0.4 is 19.8 Å². The van der Waals surface area contributed by atoms with E-state index >= 15 is 0 Å². The molecule has 0 N–H and O–H groups in total. The van der Waals surface area contributed by atoms with Gasteiger partial charge in [-0.05, 0) is 36.4 Å². The van der Waals surface area contributed by atoms with Crippen LogP contribution in [0.2, 0.25) is 0 Å². The molecule has 0 spiro atoms. The van der Waals surface area contributed by atoms with E-state index in [1.54, 1.807) is 30.3 Å². The molecule has 5 aromatic rings. The van der Waals surface area contributed by atoms with Gasteiger partial charge >= 0.3 is 5.97 Å². The molecule has 0 unspecified atom stereocenters. The quantitative estimate of drug-likeness (QED) is 0.197. The summed E-state index contributed by atoms with van der Waals surface area (Å²) in [6.07, 6.45) is 1.46. The van der Waals surface area contributed by atoms with Crippen LogP contribution in [-0.2, 0) is 4.79 Å². The third-order valence-corrected chi connectivity index (χ3v) is 5.45. The third kappa shape index (κ3) is 4.18. The Morgan fingerprint density at radius 1 is 1.00 bits per heavy atom. The maximum absolute atomic E-state index is 13.4. The zero-order valence-electron chi connectivity index (χ0n) is 19.7. The Kier molecular flexibility index (Phi) is 5.95. The first-order chi connectivity index (χ1) is 17.5. The summed E-state index contributed by atoms with van der Waals surface area (Å²) in [6, 6.07) is 19.6. The summed E-state index contributed by atoms with van der Waals surface area (Å²) in [6.45, 7) is 1.28. The molecular formula is C27H21N3O6. The predicted molar refractivity (Wildman–Crippen MR) is 135 cm³/mol. The molecule has 180 valence electrons. The summed E-state index contributed by atoms with van der Waals surface area (Å²) in [5, 5.41) is 5.74. The van der Waals surface area contributed by atoms with Gasteiger partial charge in [-0.25, -0.2) is 4.98 Å². The van der Waals surface area contributed by atoms with Gasteiger partial charge in [0.25, 0.3) is 5.56 Å². The van der Waals surface area contributed by atoms with Crippen LogP contribution in [0.15, 0.2) is 81.0 Å². The van der Waals surface area contributed by atoms with Crippen molar-refractivity contribution in [2.24, 2.45) is 5.10 Å². The van der Waals surface area contributed by atoms with Gasteiger partial charge in [-0.1, -0.05) is 30.3 Å². The molecule has 0 atom stereocenters. The van der Waals surface area contributed by atoms with Gasteiger partial charge in [0.05, 0.1) is 31.3 Å². The Hall–Kier alpha value is -4.92. The highest BCUT2D eigenvalue weighted by atomic mass is 16.6. The highest BCUT2D eigenvalue weighted by molar-refractivity contribution is 5.86. The zero-order valence-corrected chi connectivity index (χ0v) is 19.7. The minimum absolute atomic E-state index is 0.150. The number of nitrogens with zero attached hydrogens (tertiary/aromatic N) is 3. The lowest BCUT2D eigenvalue weighted by molar-refractivity contribution is -0.132. The SMILES string of the molecule is COc1cc(C=Nn2c(-c3cc4ccccc4o3)nc3ccccc3c2=O)cc(OC)c1OC(C)=O. The molecule has 0 amide bonds. The van der Waals surface area contributed by atoms with Crippen LogP contribution in [0.25, 0.3) is 33.5 Å². The van der Waals surface area contributed by atoms with Crippen molar-refractivity contribution >= 4 is 34.1 Å². The van der Waals surface area contributed by atoms with Gasteiger partial charge in [-0.15, -0.1) is 0 Å². The standard InChI is InChI=1S/C27H21N3O6/c1-16(31)35-25-22(33-2)12-17(13-23(25)34-3)15-28-30-26(24-14-18-8-4-7-11-21(18)36-24)29-20-10-6-5-9-19(20)27(30)32/h4-15H,1-3H3. The maximum Gasteiger partial charge on any atom is 0.308 e. The lowest BCUT2D eigenvalue weighted by Crippen LogP contribution is -2.20. The van der Waals surface area contributed by atoms with E-state index in [-0.39, 0.29) is 28.6 Å². The molecule has 9 nitrogen and oxygen atoms in total. The number of rotatable bonds is 6. The van der Waals surface area contributed by atoms with E-state index in [1.165, 1.54) is 32.0 Å². The molecule has 0 aliphatic heterocycles. The van der Waals surface area contributed by atoms with Crippen molar-refractivity contribution in [2.45, 2.75) is 6.92 Å². The second-order valence-electron chi connectivity index (χ2n) is 7.81. The van der Waals surface area contributed by atoms with Crippen LogP contribution in [0.3, 0.4) is 0 Å². The van der Waals surface area contributed by atoms with E-state index in [4.69, 9.17) is 18.6 Å². The maximum atomic E-state index is 13.4. The van der Waals surface area contributed by atoms with Gasteiger partial charge in [-0.2, -0.15) is 9.78 Å². The van der Waals surface area contributed by atoms with Crippen LogP contribution in [0.5, 0.6) is 17.2 Å². The highest BCUT2D eigenvalue weighted by Crippen LogP contribution is 2.38. The smallest absolute Gasteiger partial charge is 0.308 e. The van der Waals surface area contributed by atoms with E-state index in [0.717, 1.165) is 5.39 Å². The number of furan rings is 1. The lowest BCUT2D eigenvalue weighted by Gasteiger charge is -2.13. The van der Waals surface area contributed by atoms with Crippen molar-refractivity contribution in [3.63, 3.8) is 0 Å². The lowest BCUT2D eigenvalue weighted by atomic mass is 10.2. The van der Waals surface area contributed by atoms with E-state index in [2.05, 4.69) is 10.1 Å². The van der Waals surface area contributed by atoms with E-state index in [9.17, 15) is 9.59 Å². The topological polar surface area (TPSA) is 105 Å². The van der Waals surface area contributed by atoms with Gasteiger partial charge in [0.1, 0.15) is 5.58 Å². The molecule has 0 radical (unpaired) electrons. The minimum atomic E-state index is -0.516. The fourth-order valence-corrected chi connectivity index (χ4v) is 3.83. The number of para-hydroxylation sites is 2. The molecule has 2 heterocycles. The monoisotopic (exact) mass is 483 g/mol. The van der Waals surface area contributed by atoms with Crippen molar-refractivity contribution in [2.75, 3.05) is 14.2 Å². The fourth-order valence-electron chi connectivity index (χ4n) is 3.83. The average Bonchev–Trinajstić information content (AvgIpc) is 3.32. The summed E-state index contributed by atoms with van der Waals surface area (Å²) < 4.78 is 23.2. The van der Waals surface area contributed by atoms with Gasteiger partial charge in [0.2, 0.25) is 11.6 Å². The first-order valence-corrected chi connectivity index (χ1v) is 11.0. The molecule has 0 aliphatic carbocycles. The van der Waals surface area contributed by atoms with Crippen molar-refractivity contribution in [3.05, 3.63) is 82.6 Å². The summed E-state index contributed by atoms with van der Waals surface area (Å²) in [5.74, 6) is 0.826. The molecule has 5 rings (SSSR count). The van der Waals surface area contributed by atoms with Crippen molar-refractivity contribution in [1.29, 1.82) is 0 Å². The first-order valence-electron chi connectivity index (χ1n) is 11.0. The second-order valence-corrected chi connectivity index (χ2v) is 7.81. The van der Waals surface area contributed by atoms with E-state index in [1.807, 2.05) is 36.4 Å². The molecule has 0 saturated heterocycles. The van der Waals surface area contributed by atoms with Gasteiger partial charge in [-0.3, -0.25) is 9.59 Å². The van der Waals surface area contributed by atoms with Crippen LogP contribution in [0, 0.1) is 0 Å². The van der Waals surface area contributed by atoms with Crippen LogP contribution in [-0.4, -0.2) is 36.1 Å². The van der Waals surface area contributed by atoms with Crippen molar-refractivity contribution < 1.29 is 23.4 Å². The molecule has 0 aliphatic rings. The molecule has 0 bridgehead atoms. The molecule has 9 heteroatoms. The highest BCUT2D eigenvalue weighted by Gasteiger charge is 2.18. The molecule has 0 fully saturated rings. The van der Waals surface area contributed by atoms with Gasteiger partial charge in [0, 0.05) is 17.9 Å². The average molecular weight is 483 g/mol. The largest absolute Gasteiger partial charge is 0.493 e. The van der Waals surface area contributed by atoms with Crippen molar-refractivity contribution in [1.82, 2.24) is 9.66 Å². The summed E-state index contributed by atoms with van der Waals surface area (Å²) in [4.78, 5) is 29.6. The minimum Gasteiger partial charge on any atom is -0.493 e. The predicted octanol–water partition coefficient (Wildman–Crippen LogP) is 4.63. The normalized spacial score (nSPS) is 11.3.